The van der Waals surface area contributed by atoms with Gasteiger partial charge in [-0.05, 0) is 29.7 Å². The molecule has 0 aliphatic carbocycles. The van der Waals surface area contributed by atoms with Crippen molar-refractivity contribution in [3.63, 3.8) is 0 Å². The summed E-state index contributed by atoms with van der Waals surface area (Å²) in [6.45, 7) is 3.67. The number of aliphatic hydroxyl groups is 1. The summed E-state index contributed by atoms with van der Waals surface area (Å²) >= 11 is 6.30. The van der Waals surface area contributed by atoms with E-state index in [4.69, 9.17) is 21.1 Å². The number of nitrogens with one attached hydrogen (secondary N) is 1. The maximum Gasteiger partial charge on any atom is 0.179 e. The Kier molecular flexibility index (Phi) is 7.37. The topological polar surface area (TPSA) is 50.7 Å². The Balaban J connectivity index is 1.96. The van der Waals surface area contributed by atoms with Crippen LogP contribution < -0.4 is 14.8 Å². The fourth-order valence-electron chi connectivity index (χ4n) is 2.37. The second kappa shape index (κ2) is 9.52. The summed E-state index contributed by atoms with van der Waals surface area (Å²) < 4.78 is 11.0. The van der Waals surface area contributed by atoms with Crippen molar-refractivity contribution in [2.45, 2.75) is 26.0 Å². The molecule has 0 fully saturated rings. The van der Waals surface area contributed by atoms with Crippen LogP contribution in [-0.4, -0.2) is 25.4 Å². The van der Waals surface area contributed by atoms with E-state index in [1.54, 1.807) is 7.11 Å². The Morgan fingerprint density at radius 2 is 1.96 bits per heavy atom. The Labute approximate surface area is 148 Å². The number of methoxy groups -OCH3 is 1. The van der Waals surface area contributed by atoms with Gasteiger partial charge in [0.15, 0.2) is 11.5 Å². The van der Waals surface area contributed by atoms with Gasteiger partial charge >= 0.3 is 0 Å². The van der Waals surface area contributed by atoms with E-state index in [9.17, 15) is 5.11 Å². The minimum absolute atomic E-state index is 0.456. The zero-order valence-electron chi connectivity index (χ0n) is 14.1. The Bertz CT molecular complexity index is 634. The van der Waals surface area contributed by atoms with Gasteiger partial charge in [0.2, 0.25) is 0 Å². The average molecular weight is 350 g/mol. The molecule has 0 aromatic heterocycles. The third-order valence-corrected chi connectivity index (χ3v) is 3.87. The number of hydrogen-bond donors (Lipinski definition) is 2. The molecule has 2 rings (SSSR count). The number of benzene rings is 2. The van der Waals surface area contributed by atoms with Crippen LogP contribution in [-0.2, 0) is 6.54 Å². The van der Waals surface area contributed by atoms with Gasteiger partial charge in [-0.15, -0.1) is 0 Å². The normalized spacial score (nSPS) is 12.0. The summed E-state index contributed by atoms with van der Waals surface area (Å²) in [6.07, 6.45) is 0.357. The van der Waals surface area contributed by atoms with Crippen molar-refractivity contribution in [1.29, 1.82) is 0 Å². The van der Waals surface area contributed by atoms with E-state index in [2.05, 4.69) is 5.32 Å². The SMILES string of the molecule is CCCOc1c(Cl)cc(CNCC(O)c2ccccc2)cc1OC. The molecule has 2 aromatic carbocycles. The smallest absolute Gasteiger partial charge is 0.179 e. The molecule has 1 unspecified atom stereocenters. The molecule has 0 aliphatic rings. The third kappa shape index (κ3) is 5.13. The summed E-state index contributed by atoms with van der Waals surface area (Å²) in [4.78, 5) is 0. The van der Waals surface area contributed by atoms with Crippen LogP contribution in [0.25, 0.3) is 0 Å². The number of hydrogen-bond acceptors (Lipinski definition) is 4. The second-order valence-electron chi connectivity index (χ2n) is 5.51. The van der Waals surface area contributed by atoms with E-state index in [1.807, 2.05) is 49.4 Å². The lowest BCUT2D eigenvalue weighted by molar-refractivity contribution is 0.174. The Morgan fingerprint density at radius 1 is 1.21 bits per heavy atom. The third-order valence-electron chi connectivity index (χ3n) is 3.59. The first kappa shape index (κ1) is 18.6. The summed E-state index contributed by atoms with van der Waals surface area (Å²) in [5.74, 6) is 1.20. The van der Waals surface area contributed by atoms with Crippen LogP contribution in [0.4, 0.5) is 0 Å². The Hall–Kier alpha value is -1.75. The summed E-state index contributed by atoms with van der Waals surface area (Å²) in [5, 5.41) is 13.9. The number of ether oxygens (including phenoxy) is 2. The first-order valence-corrected chi connectivity index (χ1v) is 8.46. The molecule has 24 heavy (non-hydrogen) atoms. The molecule has 0 saturated carbocycles. The molecule has 0 heterocycles. The van der Waals surface area contributed by atoms with Crippen molar-refractivity contribution in [1.82, 2.24) is 5.32 Å². The molecule has 2 aromatic rings. The van der Waals surface area contributed by atoms with Gasteiger partial charge in [0, 0.05) is 13.1 Å². The summed E-state index contributed by atoms with van der Waals surface area (Å²) in [7, 11) is 1.60. The molecule has 0 radical (unpaired) electrons. The minimum atomic E-state index is -0.546. The number of rotatable bonds is 9. The van der Waals surface area contributed by atoms with E-state index >= 15 is 0 Å². The highest BCUT2D eigenvalue weighted by Crippen LogP contribution is 2.36. The van der Waals surface area contributed by atoms with Crippen LogP contribution in [0.3, 0.4) is 0 Å². The highest BCUT2D eigenvalue weighted by molar-refractivity contribution is 6.32. The zero-order chi connectivity index (χ0) is 17.4. The van der Waals surface area contributed by atoms with Gasteiger partial charge in [0.05, 0.1) is 24.8 Å². The average Bonchev–Trinajstić information content (AvgIpc) is 2.61. The highest BCUT2D eigenvalue weighted by atomic mass is 35.5. The molecular formula is C19H24ClNO3. The van der Waals surface area contributed by atoms with Gasteiger partial charge in [0.1, 0.15) is 0 Å². The van der Waals surface area contributed by atoms with Gasteiger partial charge < -0.3 is 19.9 Å². The fraction of sp³-hybridized carbons (Fsp3) is 0.368. The molecule has 2 N–H and O–H groups in total. The molecule has 0 aliphatic heterocycles. The zero-order valence-corrected chi connectivity index (χ0v) is 14.8. The Morgan fingerprint density at radius 3 is 2.62 bits per heavy atom. The van der Waals surface area contributed by atoms with Crippen molar-refractivity contribution < 1.29 is 14.6 Å². The maximum atomic E-state index is 10.2. The molecular weight excluding hydrogens is 326 g/mol. The van der Waals surface area contributed by atoms with Crippen molar-refractivity contribution in [3.05, 3.63) is 58.6 Å². The van der Waals surface area contributed by atoms with Crippen LogP contribution in [0, 0.1) is 0 Å². The van der Waals surface area contributed by atoms with E-state index in [-0.39, 0.29) is 0 Å². The number of halogens is 1. The van der Waals surface area contributed by atoms with Crippen molar-refractivity contribution in [2.24, 2.45) is 0 Å². The van der Waals surface area contributed by atoms with E-state index in [0.717, 1.165) is 17.5 Å². The molecule has 0 bridgehead atoms. The quantitative estimate of drug-likeness (QED) is 0.719. The van der Waals surface area contributed by atoms with E-state index in [1.165, 1.54) is 0 Å². The van der Waals surface area contributed by atoms with Gasteiger partial charge in [-0.1, -0.05) is 48.9 Å². The minimum Gasteiger partial charge on any atom is -0.493 e. The molecule has 130 valence electrons. The lowest BCUT2D eigenvalue weighted by atomic mass is 10.1. The molecule has 5 heteroatoms. The first-order chi connectivity index (χ1) is 11.7. The molecule has 0 spiro atoms. The summed E-state index contributed by atoms with van der Waals surface area (Å²) in [6, 6.07) is 13.3. The summed E-state index contributed by atoms with van der Waals surface area (Å²) in [5.41, 5.74) is 1.87. The standard InChI is InChI=1S/C19H24ClNO3/c1-3-9-24-19-16(20)10-14(11-18(19)23-2)12-21-13-17(22)15-7-5-4-6-8-15/h4-8,10-11,17,21-22H,3,9,12-13H2,1-2H3. The molecule has 4 nitrogen and oxygen atoms in total. The van der Waals surface area contributed by atoms with Crippen molar-refractivity contribution in [3.8, 4) is 11.5 Å². The molecule has 0 saturated heterocycles. The second-order valence-corrected chi connectivity index (χ2v) is 5.92. The predicted molar refractivity (Wildman–Crippen MR) is 96.9 cm³/mol. The predicted octanol–water partition coefficient (Wildman–Crippen LogP) is 3.96. The van der Waals surface area contributed by atoms with Crippen LogP contribution in [0.1, 0.15) is 30.6 Å². The van der Waals surface area contributed by atoms with E-state index in [0.29, 0.717) is 36.2 Å². The monoisotopic (exact) mass is 349 g/mol. The highest BCUT2D eigenvalue weighted by Gasteiger charge is 2.12. The lowest BCUT2D eigenvalue weighted by Gasteiger charge is -2.15. The van der Waals surface area contributed by atoms with Crippen LogP contribution in [0.15, 0.2) is 42.5 Å². The lowest BCUT2D eigenvalue weighted by Crippen LogP contribution is -2.21. The van der Waals surface area contributed by atoms with Gasteiger partial charge in [-0.2, -0.15) is 0 Å². The van der Waals surface area contributed by atoms with Gasteiger partial charge in [0.25, 0.3) is 0 Å². The number of aliphatic hydroxyl groups excluding tert-OH is 1. The first-order valence-electron chi connectivity index (χ1n) is 8.08. The molecule has 0 amide bonds. The van der Waals surface area contributed by atoms with Crippen LogP contribution in [0.2, 0.25) is 5.02 Å². The van der Waals surface area contributed by atoms with Crippen molar-refractivity contribution in [2.75, 3.05) is 20.3 Å². The van der Waals surface area contributed by atoms with Crippen molar-refractivity contribution >= 4 is 11.6 Å². The fourth-order valence-corrected chi connectivity index (χ4v) is 2.65. The van der Waals surface area contributed by atoms with Gasteiger partial charge in [-0.3, -0.25) is 0 Å². The molecule has 1 atom stereocenters. The van der Waals surface area contributed by atoms with Gasteiger partial charge in [-0.25, -0.2) is 0 Å². The van der Waals surface area contributed by atoms with Crippen LogP contribution >= 0.6 is 11.6 Å². The maximum absolute atomic E-state index is 10.2. The van der Waals surface area contributed by atoms with Crippen LogP contribution in [0.5, 0.6) is 11.5 Å². The van der Waals surface area contributed by atoms with E-state index < -0.39 is 6.10 Å². The largest absolute Gasteiger partial charge is 0.493 e.